The lowest BCUT2D eigenvalue weighted by molar-refractivity contribution is -0.917. The molecule has 0 fully saturated rings. The first-order chi connectivity index (χ1) is 20.6. The smallest absolute Gasteiger partial charge is 0.297 e. The average molecular weight is 598 g/mol. The summed E-state index contributed by atoms with van der Waals surface area (Å²) in [6.45, 7) is 3.07. The normalized spacial score (nSPS) is 12.2. The van der Waals surface area contributed by atoms with Crippen molar-refractivity contribution < 1.29 is 37.1 Å². The molecule has 0 spiro atoms. The molecule has 13 heteroatoms. The van der Waals surface area contributed by atoms with E-state index in [1.165, 1.54) is 31.6 Å². The zero-order chi connectivity index (χ0) is 31.1. The van der Waals surface area contributed by atoms with Gasteiger partial charge in [0.2, 0.25) is 5.82 Å². The van der Waals surface area contributed by atoms with Crippen molar-refractivity contribution in [2.24, 2.45) is 0 Å². The largest absolute Gasteiger partial charge is 0.494 e. The number of aromatic nitrogens is 3. The summed E-state index contributed by atoms with van der Waals surface area (Å²) in [6.07, 6.45) is 4.71. The number of nitrogens with zero attached hydrogens (tertiary/aromatic N) is 4. The van der Waals surface area contributed by atoms with Crippen LogP contribution in [0.5, 0.6) is 5.75 Å². The minimum absolute atomic E-state index is 0.0273. The number of aryl methyl sites for hydroxylation is 1. The molecule has 2 aromatic heterocycles. The summed E-state index contributed by atoms with van der Waals surface area (Å²) in [4.78, 5) is 32.4. The van der Waals surface area contributed by atoms with Gasteiger partial charge in [-0.25, -0.2) is 14.4 Å². The fourth-order valence-electron chi connectivity index (χ4n) is 4.44. The number of imidazole rings is 1. The number of ether oxygens (including phenoxy) is 3. The molecule has 1 unspecified atom stereocenters. The van der Waals surface area contributed by atoms with E-state index in [0.717, 1.165) is 5.56 Å². The second-order valence-electron chi connectivity index (χ2n) is 10.5. The van der Waals surface area contributed by atoms with Crippen LogP contribution in [-0.2, 0) is 20.7 Å². The van der Waals surface area contributed by atoms with Gasteiger partial charge in [0.15, 0.2) is 23.0 Å². The summed E-state index contributed by atoms with van der Waals surface area (Å²) < 4.78 is 46.7. The van der Waals surface area contributed by atoms with Gasteiger partial charge in [-0.3, -0.25) is 18.5 Å². The number of nitrogens with one attached hydrogen (secondary N) is 2. The van der Waals surface area contributed by atoms with Crippen molar-refractivity contribution in [3.8, 4) is 17.0 Å². The summed E-state index contributed by atoms with van der Waals surface area (Å²) in [6, 6.07) is 8.11. The molecule has 0 saturated carbocycles. The molecule has 228 valence electrons. The van der Waals surface area contributed by atoms with E-state index >= 15 is 0 Å². The third-order valence-electron chi connectivity index (χ3n) is 6.83. The first-order valence-corrected chi connectivity index (χ1v) is 13.6. The Balaban J connectivity index is 1.44. The van der Waals surface area contributed by atoms with Gasteiger partial charge in [-0.15, -0.1) is 0 Å². The van der Waals surface area contributed by atoms with E-state index in [1.54, 1.807) is 22.7 Å². The molecule has 1 atom stereocenters. The quantitative estimate of drug-likeness (QED) is 0.0972. The number of carbonyl (C=O) groups is 2. The highest BCUT2D eigenvalue weighted by atomic mass is 19.2. The number of benzene rings is 2. The Morgan fingerprint density at radius 3 is 2.63 bits per heavy atom. The van der Waals surface area contributed by atoms with Crippen LogP contribution in [0.1, 0.15) is 22.8 Å². The lowest BCUT2D eigenvalue weighted by Crippen LogP contribution is -2.49. The van der Waals surface area contributed by atoms with Crippen LogP contribution in [0.3, 0.4) is 0 Å². The Hall–Kier alpha value is -4.62. The summed E-state index contributed by atoms with van der Waals surface area (Å²) in [7, 11) is 6.93. The van der Waals surface area contributed by atoms with E-state index < -0.39 is 17.9 Å². The van der Waals surface area contributed by atoms with E-state index in [1.807, 2.05) is 34.1 Å². The number of hydrogen-bond acceptors (Lipinski definition) is 8. The molecule has 0 aliphatic carbocycles. The van der Waals surface area contributed by atoms with E-state index in [9.17, 15) is 18.4 Å². The molecule has 0 aliphatic rings. The number of halogens is 2. The van der Waals surface area contributed by atoms with Crippen LogP contribution in [0.15, 0.2) is 48.9 Å². The van der Waals surface area contributed by atoms with Crippen molar-refractivity contribution in [2.45, 2.75) is 19.6 Å². The Morgan fingerprint density at radius 1 is 1.14 bits per heavy atom. The molecule has 2 aromatic carbocycles. The summed E-state index contributed by atoms with van der Waals surface area (Å²) >= 11 is 0. The van der Waals surface area contributed by atoms with E-state index in [0.29, 0.717) is 45.8 Å². The molecule has 43 heavy (non-hydrogen) atoms. The molecule has 0 radical (unpaired) electrons. The average Bonchev–Trinajstić information content (AvgIpc) is 3.42. The predicted octanol–water partition coefficient (Wildman–Crippen LogP) is 3.94. The predicted molar refractivity (Wildman–Crippen MR) is 156 cm³/mol. The van der Waals surface area contributed by atoms with Crippen LogP contribution in [0.2, 0.25) is 0 Å². The molecule has 4 aromatic rings. The molecular weight excluding hydrogens is 562 g/mol. The highest BCUT2D eigenvalue weighted by Gasteiger charge is 2.25. The van der Waals surface area contributed by atoms with E-state index in [4.69, 9.17) is 14.2 Å². The van der Waals surface area contributed by atoms with Crippen LogP contribution in [0, 0.1) is 11.6 Å². The van der Waals surface area contributed by atoms with Crippen LogP contribution >= 0.6 is 0 Å². The highest BCUT2D eigenvalue weighted by molar-refractivity contribution is 5.96. The van der Waals surface area contributed by atoms with Crippen LogP contribution in [-0.4, -0.2) is 85.5 Å². The fourth-order valence-corrected chi connectivity index (χ4v) is 4.44. The topological polar surface area (TPSA) is 116 Å². The van der Waals surface area contributed by atoms with Crippen molar-refractivity contribution in [1.82, 2.24) is 19.7 Å². The van der Waals surface area contributed by atoms with E-state index in [2.05, 4.69) is 20.6 Å². The number of anilines is 2. The third-order valence-corrected chi connectivity index (χ3v) is 6.83. The number of methoxy groups -OCH3 is 1. The van der Waals surface area contributed by atoms with Gasteiger partial charge >= 0.3 is 0 Å². The standard InChI is InChI=1S/C30H34F2N6O5/c1-6-19-15-20(7-8-21(19)30(40)34-12-14-42-17-25(43-18-39)38(2,3)4)36-28-29-35-16-23(37(29)13-11-33-28)22-9-10-24(41-5)27(32)26(22)31/h7-11,13,15-16,18,25H,6,12,14,17H2,1-5H3,(H-,33,34,36,40)/p+1. The van der Waals surface area contributed by atoms with Gasteiger partial charge in [0, 0.05) is 35.8 Å². The Kier molecular flexibility index (Phi) is 9.88. The van der Waals surface area contributed by atoms with Gasteiger partial charge in [-0.2, -0.15) is 4.39 Å². The van der Waals surface area contributed by atoms with Gasteiger partial charge in [-0.1, -0.05) is 6.92 Å². The van der Waals surface area contributed by atoms with Crippen LogP contribution < -0.4 is 15.4 Å². The Morgan fingerprint density at radius 2 is 1.93 bits per heavy atom. The molecule has 0 aliphatic heterocycles. The van der Waals surface area contributed by atoms with Crippen molar-refractivity contribution in [2.75, 3.05) is 53.3 Å². The van der Waals surface area contributed by atoms with Gasteiger partial charge in [0.1, 0.15) is 6.61 Å². The van der Waals surface area contributed by atoms with Gasteiger partial charge in [-0.05, 0) is 42.3 Å². The SMILES string of the molecule is CCc1cc(Nc2nccn3c(-c4ccc(OC)c(F)c4F)cnc23)ccc1C(=O)NCCOCC(OC=O)[N+](C)(C)C. The van der Waals surface area contributed by atoms with Crippen molar-refractivity contribution in [1.29, 1.82) is 0 Å². The number of quaternary nitrogens is 1. The van der Waals surface area contributed by atoms with Gasteiger partial charge < -0.3 is 24.8 Å². The zero-order valence-electron chi connectivity index (χ0n) is 24.7. The van der Waals surface area contributed by atoms with Crippen LogP contribution in [0.25, 0.3) is 16.9 Å². The molecule has 0 saturated heterocycles. The number of amides is 1. The van der Waals surface area contributed by atoms with Crippen molar-refractivity contribution >= 4 is 29.5 Å². The molecule has 11 nitrogen and oxygen atoms in total. The van der Waals surface area contributed by atoms with Crippen molar-refractivity contribution in [3.63, 3.8) is 0 Å². The third kappa shape index (κ3) is 7.07. The van der Waals surface area contributed by atoms with E-state index in [-0.39, 0.29) is 37.0 Å². The molecule has 2 N–H and O–H groups in total. The molecule has 4 rings (SSSR count). The zero-order valence-corrected chi connectivity index (χ0v) is 24.7. The number of hydrogen-bond donors (Lipinski definition) is 2. The first-order valence-electron chi connectivity index (χ1n) is 13.6. The second kappa shape index (κ2) is 13.6. The first kappa shape index (κ1) is 31.3. The van der Waals surface area contributed by atoms with Crippen LogP contribution in [0.4, 0.5) is 20.3 Å². The maximum absolute atomic E-state index is 14.8. The van der Waals surface area contributed by atoms with Gasteiger partial charge in [0.05, 0.1) is 46.8 Å². The fraction of sp³-hybridized carbons (Fsp3) is 0.333. The number of likely N-dealkylation sites (N-methyl/N-ethyl adjacent to an activating group) is 1. The molecule has 0 bridgehead atoms. The number of rotatable bonds is 14. The number of carbonyl (C=O) groups excluding carboxylic acids is 2. The Labute approximate surface area is 248 Å². The number of fused-ring (bicyclic) bond motifs is 1. The monoisotopic (exact) mass is 597 g/mol. The summed E-state index contributed by atoms with van der Waals surface area (Å²) in [5.41, 5.74) is 2.77. The molecule has 2 heterocycles. The maximum Gasteiger partial charge on any atom is 0.297 e. The minimum atomic E-state index is -1.08. The summed E-state index contributed by atoms with van der Waals surface area (Å²) in [5.74, 6) is -2.16. The maximum atomic E-state index is 14.8. The molecule has 1 amide bonds. The summed E-state index contributed by atoms with van der Waals surface area (Å²) in [5, 5.41) is 6.07. The molecular formula is C30H35F2N6O5+. The van der Waals surface area contributed by atoms with Gasteiger partial charge in [0.25, 0.3) is 18.6 Å². The lowest BCUT2D eigenvalue weighted by Gasteiger charge is -2.31. The highest BCUT2D eigenvalue weighted by Crippen LogP contribution is 2.31. The Bertz CT molecular complexity index is 1600. The lowest BCUT2D eigenvalue weighted by atomic mass is 10.0. The minimum Gasteiger partial charge on any atom is -0.494 e. The second-order valence-corrected chi connectivity index (χ2v) is 10.5. The van der Waals surface area contributed by atoms with Crippen molar-refractivity contribution in [3.05, 3.63) is 71.7 Å².